The van der Waals surface area contributed by atoms with Gasteiger partial charge in [0, 0.05) is 12.2 Å². The summed E-state index contributed by atoms with van der Waals surface area (Å²) in [7, 11) is 0. The number of hydrogen-bond donors (Lipinski definition) is 2. The summed E-state index contributed by atoms with van der Waals surface area (Å²) in [6, 6.07) is 11.1. The van der Waals surface area contributed by atoms with Gasteiger partial charge in [0.2, 0.25) is 0 Å². The van der Waals surface area contributed by atoms with Crippen LogP contribution < -0.4 is 5.32 Å². The number of rotatable bonds is 5. The number of aliphatic hydroxyl groups excluding tert-OH is 1. The molecule has 0 aliphatic heterocycles. The van der Waals surface area contributed by atoms with E-state index in [9.17, 15) is 9.90 Å². The van der Waals surface area contributed by atoms with Crippen molar-refractivity contribution in [3.05, 3.63) is 58.9 Å². The Morgan fingerprint density at radius 1 is 1.38 bits per heavy atom. The van der Waals surface area contributed by atoms with Gasteiger partial charge in [-0.05, 0) is 24.5 Å². The monoisotopic (exact) mass is 304 g/mol. The van der Waals surface area contributed by atoms with Crippen LogP contribution in [0.3, 0.4) is 0 Å². The number of hydrogen-bond acceptors (Lipinski definition) is 2. The Morgan fingerprint density at radius 2 is 2.10 bits per heavy atom. The normalized spacial score (nSPS) is 15.7. The van der Waals surface area contributed by atoms with Crippen LogP contribution >= 0.6 is 11.6 Å². The molecule has 1 aromatic heterocycles. The second-order valence-electron chi connectivity index (χ2n) is 5.30. The zero-order valence-electron chi connectivity index (χ0n) is 11.5. The van der Waals surface area contributed by atoms with Gasteiger partial charge in [-0.1, -0.05) is 41.9 Å². The van der Waals surface area contributed by atoms with Crippen molar-refractivity contribution >= 4 is 17.5 Å². The fourth-order valence-corrected chi connectivity index (χ4v) is 2.64. The van der Waals surface area contributed by atoms with Crippen LogP contribution in [0.4, 0.5) is 0 Å². The lowest BCUT2D eigenvalue weighted by molar-refractivity contribution is 0.0906. The molecule has 5 heteroatoms. The third-order valence-electron chi connectivity index (χ3n) is 3.68. The van der Waals surface area contributed by atoms with Crippen molar-refractivity contribution in [1.82, 2.24) is 9.88 Å². The van der Waals surface area contributed by atoms with E-state index < -0.39 is 6.04 Å². The van der Waals surface area contributed by atoms with E-state index in [4.69, 9.17) is 11.6 Å². The van der Waals surface area contributed by atoms with Crippen LogP contribution in [-0.2, 0) is 0 Å². The van der Waals surface area contributed by atoms with E-state index in [0.717, 1.165) is 18.4 Å². The summed E-state index contributed by atoms with van der Waals surface area (Å²) in [6.45, 7) is -0.145. The van der Waals surface area contributed by atoms with Gasteiger partial charge in [0.15, 0.2) is 0 Å². The molecule has 0 radical (unpaired) electrons. The van der Waals surface area contributed by atoms with Crippen molar-refractivity contribution in [2.75, 3.05) is 6.61 Å². The number of carbonyl (C=O) groups excluding carboxylic acids is 1. The van der Waals surface area contributed by atoms with Crippen LogP contribution in [-0.4, -0.2) is 22.2 Å². The number of aromatic nitrogens is 1. The minimum atomic E-state index is -0.417. The van der Waals surface area contributed by atoms with Gasteiger partial charge in [0.1, 0.15) is 5.69 Å². The van der Waals surface area contributed by atoms with Gasteiger partial charge in [0.05, 0.1) is 17.7 Å². The molecule has 2 N–H and O–H groups in total. The minimum absolute atomic E-state index is 0.145. The number of nitrogens with one attached hydrogen (secondary N) is 1. The first-order valence-corrected chi connectivity index (χ1v) is 7.41. The lowest BCUT2D eigenvalue weighted by atomic mass is 10.1. The van der Waals surface area contributed by atoms with Crippen molar-refractivity contribution in [2.24, 2.45) is 0 Å². The Bertz CT molecular complexity index is 635. The first-order valence-electron chi connectivity index (χ1n) is 7.03. The van der Waals surface area contributed by atoms with Gasteiger partial charge in [-0.15, -0.1) is 0 Å². The van der Waals surface area contributed by atoms with Crippen LogP contribution in [0.1, 0.15) is 41.0 Å². The molecule has 0 unspecified atom stereocenters. The lowest BCUT2D eigenvalue weighted by Crippen LogP contribution is -2.32. The first-order chi connectivity index (χ1) is 10.2. The summed E-state index contributed by atoms with van der Waals surface area (Å²) in [6.07, 6.45) is 3.95. The number of carbonyl (C=O) groups is 1. The Kier molecular flexibility index (Phi) is 3.99. The van der Waals surface area contributed by atoms with Gasteiger partial charge < -0.3 is 15.0 Å². The molecule has 1 saturated carbocycles. The molecule has 1 aromatic carbocycles. The van der Waals surface area contributed by atoms with Crippen LogP contribution in [0.15, 0.2) is 42.6 Å². The molecule has 0 bridgehead atoms. The SMILES string of the molecule is O=C(N[C@@H](CO)c1ccccc1)c1cc(Cl)cn1C1CC1. The fourth-order valence-electron chi connectivity index (χ4n) is 2.43. The van der Waals surface area contributed by atoms with Gasteiger partial charge in [0.25, 0.3) is 5.91 Å². The van der Waals surface area contributed by atoms with Crippen molar-refractivity contribution in [2.45, 2.75) is 24.9 Å². The fraction of sp³-hybridized carbons (Fsp3) is 0.312. The molecule has 1 heterocycles. The highest BCUT2D eigenvalue weighted by Gasteiger charge is 2.28. The van der Waals surface area contributed by atoms with Crippen molar-refractivity contribution in [3.63, 3.8) is 0 Å². The molecule has 2 aromatic rings. The van der Waals surface area contributed by atoms with Gasteiger partial charge >= 0.3 is 0 Å². The number of halogens is 1. The van der Waals surface area contributed by atoms with E-state index in [-0.39, 0.29) is 12.5 Å². The molecule has 1 aliphatic carbocycles. The summed E-state index contributed by atoms with van der Waals surface area (Å²) < 4.78 is 1.93. The third kappa shape index (κ3) is 3.12. The third-order valence-corrected chi connectivity index (χ3v) is 3.88. The predicted molar refractivity (Wildman–Crippen MR) is 81.4 cm³/mol. The van der Waals surface area contributed by atoms with Crippen molar-refractivity contribution in [3.8, 4) is 0 Å². The summed E-state index contributed by atoms with van der Waals surface area (Å²) in [5.41, 5.74) is 1.43. The van der Waals surface area contributed by atoms with E-state index in [1.54, 1.807) is 12.3 Å². The van der Waals surface area contributed by atoms with Gasteiger partial charge in [-0.2, -0.15) is 0 Å². The standard InChI is InChI=1S/C16H17ClN2O2/c17-12-8-15(19(9-12)13-6-7-13)16(21)18-14(10-20)11-4-2-1-3-5-11/h1-5,8-9,13-14,20H,6-7,10H2,(H,18,21)/t14-/m0/s1. The van der Waals surface area contributed by atoms with Crippen LogP contribution in [0.25, 0.3) is 0 Å². The maximum absolute atomic E-state index is 12.5. The van der Waals surface area contributed by atoms with Gasteiger partial charge in [-0.25, -0.2) is 0 Å². The molecule has 1 aliphatic rings. The molecule has 3 rings (SSSR count). The van der Waals surface area contributed by atoms with E-state index in [1.165, 1.54) is 0 Å². The smallest absolute Gasteiger partial charge is 0.268 e. The molecule has 0 saturated heterocycles. The first kappa shape index (κ1) is 14.2. The highest BCUT2D eigenvalue weighted by molar-refractivity contribution is 6.31. The second kappa shape index (κ2) is 5.92. The Labute approximate surface area is 128 Å². The topological polar surface area (TPSA) is 54.3 Å². The van der Waals surface area contributed by atoms with E-state index in [0.29, 0.717) is 16.8 Å². The highest BCUT2D eigenvalue weighted by Crippen LogP contribution is 2.37. The maximum atomic E-state index is 12.5. The number of nitrogens with zero attached hydrogens (tertiary/aromatic N) is 1. The molecular weight excluding hydrogens is 288 g/mol. The zero-order chi connectivity index (χ0) is 14.8. The molecule has 0 spiro atoms. The average Bonchev–Trinajstić information content (AvgIpc) is 3.28. The Hall–Kier alpha value is -1.78. The molecule has 1 fully saturated rings. The van der Waals surface area contributed by atoms with Crippen LogP contribution in [0, 0.1) is 0 Å². The molecule has 1 atom stereocenters. The van der Waals surface area contributed by atoms with Crippen LogP contribution in [0.2, 0.25) is 5.02 Å². The molecule has 21 heavy (non-hydrogen) atoms. The Balaban J connectivity index is 1.79. The van der Waals surface area contributed by atoms with E-state index in [1.807, 2.05) is 34.9 Å². The van der Waals surface area contributed by atoms with Crippen molar-refractivity contribution in [1.29, 1.82) is 0 Å². The van der Waals surface area contributed by atoms with E-state index >= 15 is 0 Å². The minimum Gasteiger partial charge on any atom is -0.394 e. The van der Waals surface area contributed by atoms with Gasteiger partial charge in [-0.3, -0.25) is 4.79 Å². The number of aliphatic hydroxyl groups is 1. The summed E-state index contributed by atoms with van der Waals surface area (Å²) in [4.78, 5) is 12.5. The maximum Gasteiger partial charge on any atom is 0.268 e. The summed E-state index contributed by atoms with van der Waals surface area (Å²) in [5.74, 6) is -0.211. The molecule has 110 valence electrons. The number of benzene rings is 1. The predicted octanol–water partition coefficient (Wildman–Crippen LogP) is 2.94. The molecular formula is C16H17ClN2O2. The molecule has 1 amide bonds. The summed E-state index contributed by atoms with van der Waals surface area (Å²) in [5, 5.41) is 13.0. The highest BCUT2D eigenvalue weighted by atomic mass is 35.5. The second-order valence-corrected chi connectivity index (χ2v) is 5.74. The largest absolute Gasteiger partial charge is 0.394 e. The van der Waals surface area contributed by atoms with Crippen molar-refractivity contribution < 1.29 is 9.90 Å². The number of amides is 1. The average molecular weight is 305 g/mol. The van der Waals surface area contributed by atoms with Crippen LogP contribution in [0.5, 0.6) is 0 Å². The Morgan fingerprint density at radius 3 is 2.71 bits per heavy atom. The zero-order valence-corrected chi connectivity index (χ0v) is 12.3. The van der Waals surface area contributed by atoms with E-state index in [2.05, 4.69) is 5.32 Å². The summed E-state index contributed by atoms with van der Waals surface area (Å²) >= 11 is 6.02. The lowest BCUT2D eigenvalue weighted by Gasteiger charge is -2.17. The quantitative estimate of drug-likeness (QED) is 0.892. The molecule has 4 nitrogen and oxygen atoms in total.